The third-order valence-electron chi connectivity index (χ3n) is 5.56. The minimum Gasteiger partial charge on any atom is -0.292 e. The lowest BCUT2D eigenvalue weighted by molar-refractivity contribution is -0.317. The van der Waals surface area contributed by atoms with Crippen LogP contribution in [0.15, 0.2) is 24.3 Å². The number of rotatable bonds is 6. The third kappa shape index (κ3) is 5.56. The Morgan fingerprint density at radius 3 is 1.72 bits per heavy atom. The average Bonchev–Trinajstić information content (AvgIpc) is 2.69. The number of hydrogen-bond donors (Lipinski definition) is 0. The Labute approximate surface area is 189 Å². The summed E-state index contributed by atoms with van der Waals surface area (Å²) >= 11 is 0. The first-order chi connectivity index (χ1) is 15.2. The van der Waals surface area contributed by atoms with Crippen LogP contribution >= 0.6 is 0 Å². The molecule has 170 valence electrons. The molecule has 1 fully saturated rings. The molecule has 1 saturated carbocycles. The zero-order valence-corrected chi connectivity index (χ0v) is 19.5. The molecule has 0 bridgehead atoms. The van der Waals surface area contributed by atoms with Gasteiger partial charge in [-0.3, -0.25) is 9.78 Å². The molecule has 0 aliphatic heterocycles. The van der Waals surface area contributed by atoms with Crippen molar-refractivity contribution in [2.75, 3.05) is 0 Å². The molecule has 2 aromatic rings. The fourth-order valence-electron chi connectivity index (χ4n) is 4.27. The van der Waals surface area contributed by atoms with Crippen LogP contribution in [0.4, 0.5) is 0 Å². The molecule has 0 N–H and O–H groups in total. The van der Waals surface area contributed by atoms with Gasteiger partial charge in [-0.1, -0.05) is 35.4 Å². The predicted octanol–water partition coefficient (Wildman–Crippen LogP) is 5.70. The Bertz CT molecular complexity index is 882. The maximum absolute atomic E-state index is 12.6. The molecule has 1 aliphatic carbocycles. The number of hydrogen-bond acceptors (Lipinski definition) is 6. The van der Waals surface area contributed by atoms with Crippen LogP contribution < -0.4 is 0 Å². The van der Waals surface area contributed by atoms with E-state index in [1.807, 2.05) is 72.2 Å². The summed E-state index contributed by atoms with van der Waals surface area (Å²) in [6, 6.07) is 7.69. The van der Waals surface area contributed by atoms with Gasteiger partial charge >= 0.3 is 11.9 Å². The van der Waals surface area contributed by atoms with Crippen LogP contribution in [0.25, 0.3) is 0 Å². The van der Waals surface area contributed by atoms with Crippen LogP contribution in [0, 0.1) is 54.1 Å². The molecule has 0 saturated heterocycles. The summed E-state index contributed by atoms with van der Waals surface area (Å²) in [4.78, 5) is 46.3. The summed E-state index contributed by atoms with van der Waals surface area (Å²) in [6.07, 6.45) is 3.52. The van der Waals surface area contributed by atoms with Crippen LogP contribution in [0.2, 0.25) is 0 Å². The molecule has 1 aliphatic rings. The van der Waals surface area contributed by atoms with E-state index in [4.69, 9.17) is 19.6 Å². The van der Waals surface area contributed by atoms with E-state index in [1.54, 1.807) is 0 Å². The van der Waals surface area contributed by atoms with Crippen molar-refractivity contribution in [1.82, 2.24) is 0 Å². The van der Waals surface area contributed by atoms with Crippen molar-refractivity contribution in [2.24, 2.45) is 0 Å². The van der Waals surface area contributed by atoms with Crippen LogP contribution in [0.5, 0.6) is 0 Å². The second-order valence-corrected chi connectivity index (χ2v) is 8.49. The molecule has 3 rings (SSSR count). The Morgan fingerprint density at radius 1 is 0.750 bits per heavy atom. The highest BCUT2D eigenvalue weighted by molar-refractivity contribution is 5.93. The Balaban J connectivity index is 1.62. The lowest BCUT2D eigenvalue weighted by Gasteiger charge is -2.27. The average molecular weight is 439 g/mol. The Hall–Kier alpha value is -2.70. The van der Waals surface area contributed by atoms with Crippen molar-refractivity contribution >= 4 is 11.9 Å². The molecule has 2 aromatic carbocycles. The van der Waals surface area contributed by atoms with Crippen molar-refractivity contribution in [3.05, 3.63) is 81.3 Å². The van der Waals surface area contributed by atoms with E-state index < -0.39 is 18.0 Å². The SMILES string of the molecule is Cc1cc(C)c(C(=O)OO[C]2CC[CH]CC2OOC(=O)c2c(C)cc(C)cc2C)c(C)c1. The summed E-state index contributed by atoms with van der Waals surface area (Å²) in [5.74, 6) is -1.13. The summed E-state index contributed by atoms with van der Waals surface area (Å²) in [5.41, 5.74) is 6.40. The molecule has 0 spiro atoms. The zero-order valence-electron chi connectivity index (χ0n) is 19.5. The van der Waals surface area contributed by atoms with Crippen LogP contribution in [-0.2, 0) is 19.6 Å². The van der Waals surface area contributed by atoms with E-state index in [1.165, 1.54) is 0 Å². The second kappa shape index (κ2) is 10.3. The maximum Gasteiger partial charge on any atom is 0.373 e. The predicted molar refractivity (Wildman–Crippen MR) is 119 cm³/mol. The van der Waals surface area contributed by atoms with E-state index in [9.17, 15) is 9.59 Å². The standard InChI is InChI=1S/C26H30O6/c1-15-11-17(3)23(18(4)12-15)25(27)31-29-21-9-7-8-10-22(21)30-32-26(28)24-19(5)13-16(2)14-20(24)6/h7,11-14,21H,8-10H2,1-6H3. The summed E-state index contributed by atoms with van der Waals surface area (Å²) in [5, 5.41) is 0. The first kappa shape index (κ1) is 24.0. The minimum absolute atomic E-state index is 0.411. The second-order valence-electron chi connectivity index (χ2n) is 8.49. The molecule has 6 nitrogen and oxygen atoms in total. The van der Waals surface area contributed by atoms with Gasteiger partial charge in [0.1, 0.15) is 6.10 Å². The highest BCUT2D eigenvalue weighted by Crippen LogP contribution is 2.31. The molecular weight excluding hydrogens is 408 g/mol. The van der Waals surface area contributed by atoms with Gasteiger partial charge in [-0.25, -0.2) is 9.59 Å². The Kier molecular flexibility index (Phi) is 7.69. The monoisotopic (exact) mass is 438 g/mol. The summed E-state index contributed by atoms with van der Waals surface area (Å²) in [7, 11) is 0. The normalized spacial score (nSPS) is 16.6. The van der Waals surface area contributed by atoms with Gasteiger partial charge in [0.2, 0.25) is 0 Å². The van der Waals surface area contributed by atoms with Crippen molar-refractivity contribution in [1.29, 1.82) is 0 Å². The quantitative estimate of drug-likeness (QED) is 0.425. The van der Waals surface area contributed by atoms with Gasteiger partial charge in [0.15, 0.2) is 6.10 Å². The maximum atomic E-state index is 12.6. The number of carbonyl (C=O) groups is 2. The topological polar surface area (TPSA) is 71.1 Å². The minimum atomic E-state index is -0.647. The van der Waals surface area contributed by atoms with Gasteiger partial charge in [-0.2, -0.15) is 9.78 Å². The van der Waals surface area contributed by atoms with Gasteiger partial charge in [-0.15, -0.1) is 0 Å². The number of benzene rings is 2. The lowest BCUT2D eigenvalue weighted by atomic mass is 9.95. The number of carbonyl (C=O) groups excluding carboxylic acids is 2. The van der Waals surface area contributed by atoms with Crippen molar-refractivity contribution in [3.8, 4) is 0 Å². The van der Waals surface area contributed by atoms with Gasteiger partial charge < -0.3 is 0 Å². The van der Waals surface area contributed by atoms with Gasteiger partial charge in [0.05, 0.1) is 11.1 Å². The summed E-state index contributed by atoms with van der Waals surface area (Å²) in [6.45, 7) is 11.4. The Morgan fingerprint density at radius 2 is 1.22 bits per heavy atom. The fourth-order valence-corrected chi connectivity index (χ4v) is 4.27. The van der Waals surface area contributed by atoms with E-state index >= 15 is 0 Å². The van der Waals surface area contributed by atoms with Gasteiger partial charge in [0, 0.05) is 0 Å². The van der Waals surface area contributed by atoms with E-state index in [2.05, 4.69) is 0 Å². The zero-order chi connectivity index (χ0) is 23.4. The van der Waals surface area contributed by atoms with Crippen molar-refractivity contribution in [3.63, 3.8) is 0 Å². The highest BCUT2D eigenvalue weighted by atomic mass is 17.2. The van der Waals surface area contributed by atoms with E-state index in [-0.39, 0.29) is 0 Å². The highest BCUT2D eigenvalue weighted by Gasteiger charge is 2.33. The van der Waals surface area contributed by atoms with E-state index in [0.29, 0.717) is 30.1 Å². The first-order valence-electron chi connectivity index (χ1n) is 10.8. The molecule has 6 heteroatoms. The molecule has 2 radical (unpaired) electrons. The molecule has 0 aromatic heterocycles. The third-order valence-corrected chi connectivity index (χ3v) is 5.56. The smallest absolute Gasteiger partial charge is 0.292 e. The number of aryl methyl sites for hydroxylation is 6. The van der Waals surface area contributed by atoms with Crippen molar-refractivity contribution < 1.29 is 29.1 Å². The molecular formula is C26H30O6. The van der Waals surface area contributed by atoms with Crippen LogP contribution in [0.3, 0.4) is 0 Å². The van der Waals surface area contributed by atoms with Crippen LogP contribution in [-0.4, -0.2) is 18.0 Å². The van der Waals surface area contributed by atoms with E-state index in [0.717, 1.165) is 39.8 Å². The van der Waals surface area contributed by atoms with Gasteiger partial charge in [-0.05, 0) is 89.5 Å². The van der Waals surface area contributed by atoms with Crippen LogP contribution in [0.1, 0.15) is 73.4 Å². The molecule has 0 heterocycles. The molecule has 32 heavy (non-hydrogen) atoms. The fraction of sp³-hybridized carbons (Fsp3) is 0.385. The molecule has 1 unspecified atom stereocenters. The largest absolute Gasteiger partial charge is 0.373 e. The molecule has 0 amide bonds. The lowest BCUT2D eigenvalue weighted by Crippen LogP contribution is -2.30. The molecule has 1 atom stereocenters. The van der Waals surface area contributed by atoms with Gasteiger partial charge in [0.25, 0.3) is 0 Å². The first-order valence-corrected chi connectivity index (χ1v) is 10.8. The van der Waals surface area contributed by atoms with Crippen molar-refractivity contribution in [2.45, 2.75) is 66.9 Å². The summed E-state index contributed by atoms with van der Waals surface area (Å²) < 4.78 is 0.